The average molecular weight is 469 g/mol. The monoisotopic (exact) mass is 468 g/mol. The SMILES string of the molecule is O=C(NCCCCCC[PH](c1ccccc1)(c1ccccc1)c1ccccc1)c1cccnc1. The first-order valence-electron chi connectivity index (χ1n) is 12.2. The summed E-state index contributed by atoms with van der Waals surface area (Å²) in [5.41, 5.74) is 0.617. The molecule has 1 N–H and O–H groups in total. The van der Waals surface area contributed by atoms with E-state index in [4.69, 9.17) is 0 Å². The van der Waals surface area contributed by atoms with Crippen molar-refractivity contribution >= 4 is 29.1 Å². The Bertz CT molecular complexity index is 1040. The summed E-state index contributed by atoms with van der Waals surface area (Å²) in [5, 5.41) is 7.42. The summed E-state index contributed by atoms with van der Waals surface area (Å²) in [6.07, 6.45) is 8.88. The maximum absolute atomic E-state index is 12.2. The third-order valence-electron chi connectivity index (χ3n) is 6.49. The summed E-state index contributed by atoms with van der Waals surface area (Å²) in [6.45, 7) is 0.701. The van der Waals surface area contributed by atoms with Gasteiger partial charge in [0.25, 0.3) is 0 Å². The summed E-state index contributed by atoms with van der Waals surface area (Å²) in [7, 11) is -2.13. The molecule has 0 aliphatic heterocycles. The molecule has 4 heteroatoms. The fourth-order valence-corrected chi connectivity index (χ4v) is 9.70. The molecule has 1 amide bonds. The van der Waals surface area contributed by atoms with Gasteiger partial charge in [0.2, 0.25) is 0 Å². The van der Waals surface area contributed by atoms with Gasteiger partial charge >= 0.3 is 204 Å². The van der Waals surface area contributed by atoms with Gasteiger partial charge in [0.1, 0.15) is 0 Å². The molecule has 0 aliphatic rings. The molecule has 1 aromatic heterocycles. The predicted octanol–water partition coefficient (Wildman–Crippen LogP) is 5.10. The first kappa shape index (κ1) is 23.9. The molecule has 0 aliphatic carbocycles. The van der Waals surface area contributed by atoms with Gasteiger partial charge in [-0.1, -0.05) is 0 Å². The van der Waals surface area contributed by atoms with E-state index in [2.05, 4.69) is 101 Å². The molecule has 0 atom stereocenters. The molecule has 0 fully saturated rings. The third-order valence-corrected chi connectivity index (χ3v) is 11.5. The van der Waals surface area contributed by atoms with Crippen molar-refractivity contribution < 1.29 is 4.79 Å². The van der Waals surface area contributed by atoms with Crippen LogP contribution in [0.3, 0.4) is 0 Å². The Kier molecular flexibility index (Phi) is 8.60. The van der Waals surface area contributed by atoms with Crippen LogP contribution >= 0.6 is 7.26 Å². The second-order valence-electron chi connectivity index (χ2n) is 8.67. The number of hydrogen-bond acceptors (Lipinski definition) is 2. The standard InChI is InChI=1S/C30H33N2OP/c33-30(26-15-14-22-31-25-26)32-23-12-1-2-13-24-34(27-16-6-3-7-17-27,28-18-8-4-9-19-28)29-20-10-5-11-21-29/h3-11,14-22,25,34H,1-2,12-13,23-24H2,(H,32,33). The van der Waals surface area contributed by atoms with E-state index in [9.17, 15) is 4.79 Å². The number of pyridine rings is 1. The van der Waals surface area contributed by atoms with E-state index >= 15 is 0 Å². The predicted molar refractivity (Wildman–Crippen MR) is 146 cm³/mol. The summed E-state index contributed by atoms with van der Waals surface area (Å²) in [5.74, 6) is -0.0447. The molecule has 0 unspecified atom stereocenters. The number of benzene rings is 3. The van der Waals surface area contributed by atoms with Gasteiger partial charge < -0.3 is 0 Å². The van der Waals surface area contributed by atoms with Gasteiger partial charge in [0.05, 0.1) is 0 Å². The molecular weight excluding hydrogens is 435 g/mol. The second-order valence-corrected chi connectivity index (χ2v) is 12.7. The zero-order valence-electron chi connectivity index (χ0n) is 19.6. The number of unbranched alkanes of at least 4 members (excludes halogenated alkanes) is 3. The number of nitrogens with one attached hydrogen (secondary N) is 1. The van der Waals surface area contributed by atoms with Crippen LogP contribution in [0, 0.1) is 0 Å². The fourth-order valence-electron chi connectivity index (χ4n) is 4.77. The van der Waals surface area contributed by atoms with Gasteiger partial charge in [-0.15, -0.1) is 0 Å². The molecule has 174 valence electrons. The van der Waals surface area contributed by atoms with Gasteiger partial charge in [0.15, 0.2) is 0 Å². The number of rotatable bonds is 11. The second kappa shape index (κ2) is 12.3. The molecule has 0 bridgehead atoms. The normalized spacial score (nSPS) is 11.6. The van der Waals surface area contributed by atoms with Crippen molar-refractivity contribution in [3.8, 4) is 0 Å². The number of aromatic nitrogens is 1. The Morgan fingerprint density at radius 3 is 1.68 bits per heavy atom. The van der Waals surface area contributed by atoms with Gasteiger partial charge in [-0.2, -0.15) is 0 Å². The molecule has 0 spiro atoms. The van der Waals surface area contributed by atoms with Crippen LogP contribution in [0.25, 0.3) is 0 Å². The fraction of sp³-hybridized carbons (Fsp3) is 0.200. The van der Waals surface area contributed by atoms with E-state index in [1.165, 1.54) is 28.5 Å². The topological polar surface area (TPSA) is 42.0 Å². The molecule has 1 heterocycles. The number of carbonyl (C=O) groups is 1. The molecule has 34 heavy (non-hydrogen) atoms. The Hall–Kier alpha value is -3.29. The van der Waals surface area contributed by atoms with E-state index in [0.717, 1.165) is 19.3 Å². The van der Waals surface area contributed by atoms with Gasteiger partial charge in [-0.25, -0.2) is 0 Å². The molecule has 3 aromatic carbocycles. The van der Waals surface area contributed by atoms with E-state index in [-0.39, 0.29) is 5.91 Å². The number of carbonyl (C=O) groups excluding carboxylic acids is 1. The quantitative estimate of drug-likeness (QED) is 0.246. The van der Waals surface area contributed by atoms with E-state index in [0.29, 0.717) is 12.1 Å². The first-order valence-corrected chi connectivity index (χ1v) is 14.4. The zero-order valence-corrected chi connectivity index (χ0v) is 20.6. The Morgan fingerprint density at radius 2 is 1.18 bits per heavy atom. The van der Waals surface area contributed by atoms with Crippen LogP contribution in [-0.4, -0.2) is 23.6 Å². The summed E-state index contributed by atoms with van der Waals surface area (Å²) in [6, 6.07) is 36.9. The number of amides is 1. The van der Waals surface area contributed by atoms with Crippen LogP contribution in [-0.2, 0) is 0 Å². The van der Waals surface area contributed by atoms with E-state index < -0.39 is 7.26 Å². The van der Waals surface area contributed by atoms with Crippen molar-refractivity contribution in [2.45, 2.75) is 25.7 Å². The summed E-state index contributed by atoms with van der Waals surface area (Å²) in [4.78, 5) is 16.2. The Balaban J connectivity index is 1.42. The number of nitrogens with zero attached hydrogens (tertiary/aromatic N) is 1. The maximum atomic E-state index is 12.2. The molecule has 0 saturated heterocycles. The molecule has 0 saturated carbocycles. The van der Waals surface area contributed by atoms with Crippen LogP contribution in [0.1, 0.15) is 36.0 Å². The van der Waals surface area contributed by atoms with Gasteiger partial charge in [-0.05, 0) is 0 Å². The van der Waals surface area contributed by atoms with E-state index in [1.54, 1.807) is 24.5 Å². The average Bonchev–Trinajstić information content (AvgIpc) is 2.92. The molecule has 3 nitrogen and oxygen atoms in total. The Morgan fingerprint density at radius 1 is 0.647 bits per heavy atom. The van der Waals surface area contributed by atoms with Crippen molar-refractivity contribution in [1.29, 1.82) is 0 Å². The van der Waals surface area contributed by atoms with Crippen LogP contribution in [0.5, 0.6) is 0 Å². The van der Waals surface area contributed by atoms with Crippen LogP contribution in [0.15, 0.2) is 116 Å². The minimum absolute atomic E-state index is 0.0447. The minimum atomic E-state index is -2.13. The third kappa shape index (κ3) is 5.79. The molecule has 0 radical (unpaired) electrons. The molecule has 4 rings (SSSR count). The van der Waals surface area contributed by atoms with Gasteiger partial charge in [-0.3, -0.25) is 0 Å². The van der Waals surface area contributed by atoms with Crippen molar-refractivity contribution in [1.82, 2.24) is 10.3 Å². The Labute approximate surface area is 203 Å². The first-order chi connectivity index (χ1) is 16.8. The molecule has 4 aromatic rings. The van der Waals surface area contributed by atoms with Gasteiger partial charge in [0, 0.05) is 0 Å². The van der Waals surface area contributed by atoms with Crippen molar-refractivity contribution in [3.63, 3.8) is 0 Å². The molecular formula is C30H33N2OP. The zero-order chi connectivity index (χ0) is 23.5. The van der Waals surface area contributed by atoms with Crippen LogP contribution in [0.4, 0.5) is 0 Å². The van der Waals surface area contributed by atoms with Crippen molar-refractivity contribution in [3.05, 3.63) is 121 Å². The van der Waals surface area contributed by atoms with E-state index in [1.807, 2.05) is 0 Å². The van der Waals surface area contributed by atoms with Crippen LogP contribution < -0.4 is 21.2 Å². The summed E-state index contributed by atoms with van der Waals surface area (Å²) >= 11 is 0. The number of hydrogen-bond donors (Lipinski definition) is 1. The van der Waals surface area contributed by atoms with Crippen LogP contribution in [0.2, 0.25) is 0 Å². The summed E-state index contributed by atoms with van der Waals surface area (Å²) < 4.78 is 0. The van der Waals surface area contributed by atoms with Crippen molar-refractivity contribution in [2.75, 3.05) is 12.7 Å². The van der Waals surface area contributed by atoms with Crippen molar-refractivity contribution in [2.24, 2.45) is 0 Å².